The van der Waals surface area contributed by atoms with Gasteiger partial charge in [-0.3, -0.25) is 0 Å². The number of hydrogen-bond donors (Lipinski definition) is 1. The summed E-state index contributed by atoms with van der Waals surface area (Å²) in [4.78, 5) is 0. The van der Waals surface area contributed by atoms with Crippen molar-refractivity contribution in [1.29, 1.82) is 0 Å². The van der Waals surface area contributed by atoms with E-state index >= 15 is 0 Å². The molecular formula is C9H11ClF3NO. The molecule has 0 saturated carbocycles. The van der Waals surface area contributed by atoms with Crippen LogP contribution in [0.15, 0.2) is 18.2 Å². The van der Waals surface area contributed by atoms with Gasteiger partial charge in [0.2, 0.25) is 0 Å². The van der Waals surface area contributed by atoms with Crippen LogP contribution in [-0.4, -0.2) is 13.5 Å². The van der Waals surface area contributed by atoms with Crippen LogP contribution in [0.2, 0.25) is 0 Å². The van der Waals surface area contributed by atoms with Crippen molar-refractivity contribution in [2.45, 2.75) is 12.5 Å². The van der Waals surface area contributed by atoms with Crippen molar-refractivity contribution < 1.29 is 17.9 Å². The van der Waals surface area contributed by atoms with Crippen molar-refractivity contribution in [2.24, 2.45) is 5.73 Å². The maximum Gasteiger partial charge on any atom is 0.257 e. The monoisotopic (exact) mass is 241 g/mol. The second-order valence-corrected chi connectivity index (χ2v) is 2.75. The quantitative estimate of drug-likeness (QED) is 0.883. The summed E-state index contributed by atoms with van der Waals surface area (Å²) in [7, 11) is 1.27. The lowest BCUT2D eigenvalue weighted by Crippen LogP contribution is -2.19. The van der Waals surface area contributed by atoms with E-state index in [-0.39, 0.29) is 23.7 Å². The Labute approximate surface area is 91.6 Å². The first-order valence-corrected chi connectivity index (χ1v) is 3.93. The maximum atomic E-state index is 12.7. The molecule has 2 N–H and O–H groups in total. The van der Waals surface area contributed by atoms with Gasteiger partial charge in [-0.05, 0) is 6.07 Å². The lowest BCUT2D eigenvalue weighted by Gasteiger charge is -2.14. The SMILES string of the molecule is COc1cc(F)ccc1[C@@H](N)C(F)F.Cl. The minimum absolute atomic E-state index is 0. The highest BCUT2D eigenvalue weighted by molar-refractivity contribution is 5.85. The number of ether oxygens (including phenoxy) is 1. The average Bonchev–Trinajstić information content (AvgIpc) is 2.16. The van der Waals surface area contributed by atoms with Crippen molar-refractivity contribution in [3.8, 4) is 5.75 Å². The van der Waals surface area contributed by atoms with Gasteiger partial charge in [-0.1, -0.05) is 6.07 Å². The maximum absolute atomic E-state index is 12.7. The topological polar surface area (TPSA) is 35.2 Å². The first-order chi connectivity index (χ1) is 6.56. The molecule has 1 atom stereocenters. The molecule has 0 fully saturated rings. The number of alkyl halides is 2. The van der Waals surface area contributed by atoms with E-state index in [0.717, 1.165) is 12.1 Å². The van der Waals surface area contributed by atoms with E-state index in [1.807, 2.05) is 0 Å². The highest BCUT2D eigenvalue weighted by Gasteiger charge is 2.21. The summed E-state index contributed by atoms with van der Waals surface area (Å²) in [5.74, 6) is -0.509. The Bertz CT molecular complexity index is 322. The smallest absolute Gasteiger partial charge is 0.257 e. The van der Waals surface area contributed by atoms with Crippen LogP contribution in [0.4, 0.5) is 13.2 Å². The molecule has 6 heteroatoms. The lowest BCUT2D eigenvalue weighted by atomic mass is 10.1. The number of methoxy groups -OCH3 is 1. The van der Waals surface area contributed by atoms with Crippen LogP contribution in [0.25, 0.3) is 0 Å². The fourth-order valence-corrected chi connectivity index (χ4v) is 1.10. The summed E-state index contributed by atoms with van der Waals surface area (Å²) >= 11 is 0. The van der Waals surface area contributed by atoms with E-state index in [2.05, 4.69) is 0 Å². The molecule has 0 unspecified atom stereocenters. The normalized spacial score (nSPS) is 12.1. The standard InChI is InChI=1S/C9H10F3NO.ClH/c1-14-7-4-5(10)2-3-6(7)8(13)9(11)12;/h2-4,8-9H,13H2,1H3;1H/t8-;/m1./s1. The van der Waals surface area contributed by atoms with Gasteiger partial charge in [-0.25, -0.2) is 13.2 Å². The zero-order valence-corrected chi connectivity index (χ0v) is 8.73. The number of nitrogens with two attached hydrogens (primary N) is 1. The second-order valence-electron chi connectivity index (χ2n) is 2.75. The van der Waals surface area contributed by atoms with Gasteiger partial charge in [0.05, 0.1) is 13.2 Å². The van der Waals surface area contributed by atoms with Crippen LogP contribution < -0.4 is 10.5 Å². The predicted molar refractivity (Wildman–Crippen MR) is 53.1 cm³/mol. The molecule has 1 aromatic carbocycles. The number of halogens is 4. The van der Waals surface area contributed by atoms with Gasteiger partial charge < -0.3 is 10.5 Å². The van der Waals surface area contributed by atoms with Crippen LogP contribution in [-0.2, 0) is 0 Å². The number of hydrogen-bond acceptors (Lipinski definition) is 2. The van der Waals surface area contributed by atoms with Gasteiger partial charge in [0, 0.05) is 11.6 Å². The Balaban J connectivity index is 0.00000196. The van der Waals surface area contributed by atoms with Gasteiger partial charge in [0.1, 0.15) is 11.6 Å². The first kappa shape index (κ1) is 14.1. The summed E-state index contributed by atoms with van der Waals surface area (Å²) in [6.45, 7) is 0. The van der Waals surface area contributed by atoms with Crippen LogP contribution in [0, 0.1) is 5.82 Å². The van der Waals surface area contributed by atoms with Crippen molar-refractivity contribution in [3.63, 3.8) is 0 Å². The van der Waals surface area contributed by atoms with Gasteiger partial charge in [0.25, 0.3) is 6.43 Å². The Kier molecular flexibility index (Phi) is 5.46. The van der Waals surface area contributed by atoms with Gasteiger partial charge in [-0.2, -0.15) is 0 Å². The van der Waals surface area contributed by atoms with E-state index in [1.54, 1.807) is 0 Å². The van der Waals surface area contributed by atoms with Crippen LogP contribution >= 0.6 is 12.4 Å². The fourth-order valence-electron chi connectivity index (χ4n) is 1.10. The van der Waals surface area contributed by atoms with Gasteiger partial charge in [0.15, 0.2) is 0 Å². The Morgan fingerprint density at radius 3 is 2.40 bits per heavy atom. The molecule has 2 nitrogen and oxygen atoms in total. The summed E-state index contributed by atoms with van der Waals surface area (Å²) in [6, 6.07) is 1.84. The van der Waals surface area contributed by atoms with Crippen LogP contribution in [0.1, 0.15) is 11.6 Å². The number of rotatable bonds is 3. The van der Waals surface area contributed by atoms with E-state index in [1.165, 1.54) is 13.2 Å². The summed E-state index contributed by atoms with van der Waals surface area (Å²) in [6.07, 6.45) is -2.70. The minimum Gasteiger partial charge on any atom is -0.496 e. The van der Waals surface area contributed by atoms with Gasteiger partial charge in [-0.15, -0.1) is 12.4 Å². The molecule has 0 aromatic heterocycles. The van der Waals surface area contributed by atoms with Crippen molar-refractivity contribution in [1.82, 2.24) is 0 Å². The van der Waals surface area contributed by atoms with Gasteiger partial charge >= 0.3 is 0 Å². The van der Waals surface area contributed by atoms with Crippen molar-refractivity contribution >= 4 is 12.4 Å². The molecule has 0 amide bonds. The molecule has 86 valence electrons. The summed E-state index contributed by atoms with van der Waals surface area (Å²) < 4.78 is 41.9. The second kappa shape index (κ2) is 5.82. The molecule has 0 aliphatic rings. The van der Waals surface area contributed by atoms with E-state index in [4.69, 9.17) is 10.5 Å². The highest BCUT2D eigenvalue weighted by atomic mass is 35.5. The molecule has 0 aliphatic heterocycles. The average molecular weight is 242 g/mol. The zero-order chi connectivity index (χ0) is 10.7. The third-order valence-corrected chi connectivity index (χ3v) is 1.83. The van der Waals surface area contributed by atoms with Crippen LogP contribution in [0.3, 0.4) is 0 Å². The molecule has 0 aliphatic carbocycles. The highest BCUT2D eigenvalue weighted by Crippen LogP contribution is 2.27. The molecule has 0 bridgehead atoms. The summed E-state index contributed by atoms with van der Waals surface area (Å²) in [5.41, 5.74) is 5.31. The molecule has 15 heavy (non-hydrogen) atoms. The largest absolute Gasteiger partial charge is 0.496 e. The third-order valence-electron chi connectivity index (χ3n) is 1.83. The zero-order valence-electron chi connectivity index (χ0n) is 7.91. The Morgan fingerprint density at radius 1 is 1.33 bits per heavy atom. The predicted octanol–water partition coefficient (Wildman–Crippen LogP) is 2.52. The third kappa shape index (κ3) is 3.28. The van der Waals surface area contributed by atoms with E-state index in [9.17, 15) is 13.2 Å². The first-order valence-electron chi connectivity index (χ1n) is 3.93. The fraction of sp³-hybridized carbons (Fsp3) is 0.333. The number of benzene rings is 1. The molecule has 0 radical (unpaired) electrons. The van der Waals surface area contributed by atoms with Crippen molar-refractivity contribution in [2.75, 3.05) is 7.11 Å². The molecule has 1 rings (SSSR count). The van der Waals surface area contributed by atoms with Crippen LogP contribution in [0.5, 0.6) is 5.75 Å². The lowest BCUT2D eigenvalue weighted by molar-refractivity contribution is 0.115. The molecule has 1 aromatic rings. The van der Waals surface area contributed by atoms with Crippen molar-refractivity contribution in [3.05, 3.63) is 29.6 Å². The summed E-state index contributed by atoms with van der Waals surface area (Å²) in [5, 5.41) is 0. The molecule has 0 spiro atoms. The Morgan fingerprint density at radius 2 is 1.93 bits per heavy atom. The molecule has 0 heterocycles. The molecule has 0 saturated heterocycles. The molecular weight excluding hydrogens is 231 g/mol. The van der Waals surface area contributed by atoms with E-state index < -0.39 is 18.3 Å². The Hall–Kier alpha value is -0.940. The minimum atomic E-state index is -2.70. The van der Waals surface area contributed by atoms with E-state index in [0.29, 0.717) is 0 Å².